The summed E-state index contributed by atoms with van der Waals surface area (Å²) in [6, 6.07) is 22.7. The van der Waals surface area contributed by atoms with Gasteiger partial charge in [0, 0.05) is 33.8 Å². The Hall–Kier alpha value is -4.04. The van der Waals surface area contributed by atoms with Gasteiger partial charge in [0.05, 0.1) is 23.7 Å². The summed E-state index contributed by atoms with van der Waals surface area (Å²) in [5.74, 6) is -1.45. The first-order valence-electron chi connectivity index (χ1n) is 11.9. The Morgan fingerprint density at radius 1 is 1.03 bits per heavy atom. The first-order valence-corrected chi connectivity index (χ1v) is 12.7. The average molecular weight is 558 g/mol. The van der Waals surface area contributed by atoms with E-state index < -0.39 is 17.9 Å². The third kappa shape index (κ3) is 4.97. The predicted molar refractivity (Wildman–Crippen MR) is 146 cm³/mol. The lowest BCUT2D eigenvalue weighted by Crippen LogP contribution is -2.27. The van der Waals surface area contributed by atoms with Gasteiger partial charge in [0.25, 0.3) is 5.56 Å². The molecule has 2 N–H and O–H groups in total. The number of carboxylic acids is 1. The molecular formula is C29H24BrN3O4. The third-order valence-corrected chi connectivity index (χ3v) is 7.02. The molecule has 3 aromatic carbocycles. The lowest BCUT2D eigenvalue weighted by molar-refractivity contribution is -0.141. The van der Waals surface area contributed by atoms with Crippen molar-refractivity contribution in [3.8, 4) is 11.1 Å². The first-order chi connectivity index (χ1) is 17.8. The van der Waals surface area contributed by atoms with Gasteiger partial charge in [-0.1, -0.05) is 70.0 Å². The fourth-order valence-electron chi connectivity index (χ4n) is 4.75. The number of nitrogens with one attached hydrogen (secondary N) is 1. The number of aryl methyl sites for hydroxylation is 1. The van der Waals surface area contributed by atoms with Gasteiger partial charge in [-0.3, -0.25) is 14.4 Å². The molecule has 1 amide bonds. The van der Waals surface area contributed by atoms with Gasteiger partial charge in [0.2, 0.25) is 5.91 Å². The van der Waals surface area contributed by atoms with E-state index in [0.29, 0.717) is 17.7 Å². The summed E-state index contributed by atoms with van der Waals surface area (Å²) in [5.41, 5.74) is 4.86. The summed E-state index contributed by atoms with van der Waals surface area (Å²) in [6.45, 7) is 2.00. The second kappa shape index (κ2) is 10.1. The van der Waals surface area contributed by atoms with Gasteiger partial charge in [-0.25, -0.2) is 5.01 Å². The minimum atomic E-state index is -1.05. The van der Waals surface area contributed by atoms with E-state index in [2.05, 4.69) is 26.0 Å². The number of rotatable bonds is 6. The molecule has 1 aliphatic heterocycles. The number of nitrogens with zero attached hydrogens (tertiary/aromatic N) is 2. The summed E-state index contributed by atoms with van der Waals surface area (Å²) in [7, 11) is 0. The van der Waals surface area contributed by atoms with Gasteiger partial charge in [0.15, 0.2) is 0 Å². The molecular weight excluding hydrogens is 534 g/mol. The average Bonchev–Trinajstić information content (AvgIpc) is 3.32. The molecule has 7 nitrogen and oxygen atoms in total. The lowest BCUT2D eigenvalue weighted by Gasteiger charge is -2.22. The first kappa shape index (κ1) is 24.6. The van der Waals surface area contributed by atoms with Crippen LogP contribution in [-0.4, -0.2) is 32.7 Å². The molecule has 0 saturated carbocycles. The molecule has 37 heavy (non-hydrogen) atoms. The van der Waals surface area contributed by atoms with Gasteiger partial charge in [-0.2, -0.15) is 5.10 Å². The molecule has 1 atom stereocenters. The zero-order chi connectivity index (χ0) is 26.1. The van der Waals surface area contributed by atoms with E-state index in [-0.39, 0.29) is 18.4 Å². The van der Waals surface area contributed by atoms with E-state index in [1.54, 1.807) is 0 Å². The van der Waals surface area contributed by atoms with Gasteiger partial charge < -0.3 is 10.1 Å². The lowest BCUT2D eigenvalue weighted by atomic mass is 9.90. The Morgan fingerprint density at radius 3 is 2.46 bits per heavy atom. The predicted octanol–water partition coefficient (Wildman–Crippen LogP) is 5.81. The van der Waals surface area contributed by atoms with Crippen LogP contribution in [0.1, 0.15) is 42.0 Å². The molecule has 4 aromatic rings. The Balaban J connectivity index is 1.69. The van der Waals surface area contributed by atoms with Crippen molar-refractivity contribution >= 4 is 44.4 Å². The molecule has 1 unspecified atom stereocenters. The number of benzene rings is 3. The standard InChI is InChI=1S/C29H24BrN3O4/c1-17-7-12-22-21(15-17)27(19-5-3-2-4-6-19)28(29(37)31-22)23-16-24(18-8-10-20(30)11-9-18)33(32-23)25(34)13-14-26(35)36/h2-12,15,24H,13-14,16H2,1H3,(H,31,37)(H,35,36). The Kier molecular flexibility index (Phi) is 6.76. The monoisotopic (exact) mass is 557 g/mol. The summed E-state index contributed by atoms with van der Waals surface area (Å²) >= 11 is 3.44. The maximum atomic E-state index is 13.6. The normalized spacial score (nSPS) is 15.1. The molecule has 0 spiro atoms. The van der Waals surface area contributed by atoms with Crippen LogP contribution in [0.3, 0.4) is 0 Å². The van der Waals surface area contributed by atoms with E-state index in [0.717, 1.165) is 37.6 Å². The van der Waals surface area contributed by atoms with Crippen LogP contribution in [0.2, 0.25) is 0 Å². The van der Waals surface area contributed by atoms with Crippen molar-refractivity contribution in [1.29, 1.82) is 0 Å². The van der Waals surface area contributed by atoms with E-state index in [1.807, 2.05) is 79.7 Å². The van der Waals surface area contributed by atoms with Crippen LogP contribution in [0, 0.1) is 6.92 Å². The van der Waals surface area contributed by atoms with Gasteiger partial charge in [0.1, 0.15) is 0 Å². The maximum Gasteiger partial charge on any atom is 0.303 e. The molecule has 1 aliphatic rings. The van der Waals surface area contributed by atoms with Gasteiger partial charge in [-0.15, -0.1) is 0 Å². The minimum Gasteiger partial charge on any atom is -0.481 e. The molecule has 5 rings (SSSR count). The highest BCUT2D eigenvalue weighted by Gasteiger charge is 2.35. The molecule has 186 valence electrons. The number of hydrogen-bond acceptors (Lipinski definition) is 4. The molecule has 0 bridgehead atoms. The molecule has 0 radical (unpaired) electrons. The highest BCUT2D eigenvalue weighted by atomic mass is 79.9. The molecule has 2 heterocycles. The quantitative estimate of drug-likeness (QED) is 0.312. The number of aliphatic carboxylic acids is 1. The van der Waals surface area contributed by atoms with Crippen LogP contribution in [0.4, 0.5) is 0 Å². The van der Waals surface area contributed by atoms with Gasteiger partial charge in [-0.05, 0) is 42.3 Å². The minimum absolute atomic E-state index is 0.183. The summed E-state index contributed by atoms with van der Waals surface area (Å²) in [6.07, 6.45) is -0.156. The summed E-state index contributed by atoms with van der Waals surface area (Å²) in [5, 5.41) is 16.0. The van der Waals surface area contributed by atoms with Crippen molar-refractivity contribution in [2.75, 3.05) is 0 Å². The fourth-order valence-corrected chi connectivity index (χ4v) is 5.02. The number of amides is 1. The Morgan fingerprint density at radius 2 is 1.76 bits per heavy atom. The number of hydrogen-bond donors (Lipinski definition) is 2. The van der Waals surface area contributed by atoms with Crippen LogP contribution in [-0.2, 0) is 9.59 Å². The molecule has 0 saturated heterocycles. The van der Waals surface area contributed by atoms with Crippen molar-refractivity contribution in [3.63, 3.8) is 0 Å². The Labute approximate surface area is 221 Å². The SMILES string of the molecule is Cc1ccc2[nH]c(=O)c(C3=NN(C(=O)CCC(=O)O)C(c4ccc(Br)cc4)C3)c(-c3ccccc3)c2c1. The van der Waals surface area contributed by atoms with Crippen LogP contribution < -0.4 is 5.56 Å². The molecule has 0 fully saturated rings. The number of H-pyrrole nitrogens is 1. The number of aromatic nitrogens is 1. The number of fused-ring (bicyclic) bond motifs is 1. The van der Waals surface area contributed by atoms with E-state index >= 15 is 0 Å². The Bertz CT molecular complexity index is 1590. The van der Waals surface area contributed by atoms with Crippen LogP contribution in [0.15, 0.2) is 87.2 Å². The zero-order valence-electron chi connectivity index (χ0n) is 20.1. The van der Waals surface area contributed by atoms with Crippen LogP contribution >= 0.6 is 15.9 Å². The van der Waals surface area contributed by atoms with Crippen molar-refractivity contribution < 1.29 is 14.7 Å². The molecule has 0 aliphatic carbocycles. The van der Waals surface area contributed by atoms with Crippen molar-refractivity contribution in [2.24, 2.45) is 5.10 Å². The second-order valence-electron chi connectivity index (χ2n) is 9.07. The number of carboxylic acid groups (broad SMARTS) is 1. The van der Waals surface area contributed by atoms with Gasteiger partial charge >= 0.3 is 5.97 Å². The van der Waals surface area contributed by atoms with Crippen molar-refractivity contribution in [3.05, 3.63) is 104 Å². The third-order valence-electron chi connectivity index (χ3n) is 6.49. The van der Waals surface area contributed by atoms with E-state index in [9.17, 15) is 14.4 Å². The topological polar surface area (TPSA) is 103 Å². The number of hydrazone groups is 1. The van der Waals surface area contributed by atoms with Crippen molar-refractivity contribution in [2.45, 2.75) is 32.2 Å². The highest BCUT2D eigenvalue weighted by molar-refractivity contribution is 9.10. The molecule has 8 heteroatoms. The van der Waals surface area contributed by atoms with E-state index in [1.165, 1.54) is 5.01 Å². The highest BCUT2D eigenvalue weighted by Crippen LogP contribution is 2.37. The number of aromatic amines is 1. The zero-order valence-corrected chi connectivity index (χ0v) is 21.7. The smallest absolute Gasteiger partial charge is 0.303 e. The summed E-state index contributed by atoms with van der Waals surface area (Å²) < 4.78 is 0.895. The molecule has 1 aromatic heterocycles. The summed E-state index contributed by atoms with van der Waals surface area (Å²) in [4.78, 5) is 40.8. The maximum absolute atomic E-state index is 13.6. The number of halogens is 1. The number of pyridine rings is 1. The van der Waals surface area contributed by atoms with Crippen molar-refractivity contribution in [1.82, 2.24) is 9.99 Å². The van der Waals surface area contributed by atoms with E-state index in [4.69, 9.17) is 5.11 Å². The van der Waals surface area contributed by atoms with Crippen LogP contribution in [0.5, 0.6) is 0 Å². The number of carbonyl (C=O) groups excluding carboxylic acids is 1. The fraction of sp³-hybridized carbons (Fsp3) is 0.172. The largest absolute Gasteiger partial charge is 0.481 e. The number of carbonyl (C=O) groups is 2. The second-order valence-corrected chi connectivity index (χ2v) is 9.99. The van der Waals surface area contributed by atoms with Crippen LogP contribution in [0.25, 0.3) is 22.0 Å².